The van der Waals surface area contributed by atoms with Crippen molar-refractivity contribution in [1.29, 1.82) is 0 Å². The minimum atomic E-state index is -4.40. The Morgan fingerprint density at radius 1 is 1.14 bits per heavy atom. The molecule has 0 saturated carbocycles. The van der Waals surface area contributed by atoms with Crippen LogP contribution in [0, 0.1) is 15.9 Å². The first kappa shape index (κ1) is 15.2. The van der Waals surface area contributed by atoms with E-state index in [0.29, 0.717) is 0 Å². The number of benzene rings is 2. The maximum absolute atomic E-state index is 13.6. The van der Waals surface area contributed by atoms with E-state index in [1.807, 2.05) is 0 Å². The first-order valence-corrected chi connectivity index (χ1v) is 7.22. The zero-order valence-corrected chi connectivity index (χ0v) is 11.8. The lowest BCUT2D eigenvalue weighted by atomic mass is 10.3. The summed E-state index contributed by atoms with van der Waals surface area (Å²) in [5.41, 5.74) is -0.225. The summed E-state index contributed by atoms with van der Waals surface area (Å²) in [6.45, 7) is 0. The van der Waals surface area contributed by atoms with Gasteiger partial charge in [-0.05, 0) is 30.3 Å². The molecule has 0 unspecified atom stereocenters. The van der Waals surface area contributed by atoms with Gasteiger partial charge in [-0.1, -0.05) is 11.6 Å². The van der Waals surface area contributed by atoms with Gasteiger partial charge in [0.1, 0.15) is 16.5 Å². The van der Waals surface area contributed by atoms with Crippen molar-refractivity contribution in [1.82, 2.24) is 0 Å². The Balaban J connectivity index is 2.30. The van der Waals surface area contributed by atoms with Crippen molar-refractivity contribution < 1.29 is 21.9 Å². The minimum absolute atomic E-state index is 0.0433. The molecular formula is C12H7ClFNO5S. The Kier molecular flexibility index (Phi) is 4.10. The molecule has 0 fully saturated rings. The van der Waals surface area contributed by atoms with Crippen LogP contribution in [0.4, 0.5) is 10.1 Å². The smallest absolute Gasteiger partial charge is 0.342 e. The van der Waals surface area contributed by atoms with Crippen LogP contribution in [-0.2, 0) is 10.1 Å². The molecule has 0 aromatic heterocycles. The average molecular weight is 332 g/mol. The average Bonchev–Trinajstić information content (AvgIpc) is 2.38. The highest BCUT2D eigenvalue weighted by Crippen LogP contribution is 2.24. The van der Waals surface area contributed by atoms with E-state index in [0.717, 1.165) is 36.4 Å². The molecule has 0 aliphatic heterocycles. The molecule has 0 spiro atoms. The van der Waals surface area contributed by atoms with Gasteiger partial charge < -0.3 is 4.18 Å². The van der Waals surface area contributed by atoms with Crippen LogP contribution < -0.4 is 4.18 Å². The number of nitro benzene ring substituents is 1. The molecule has 0 aliphatic rings. The van der Waals surface area contributed by atoms with E-state index in [1.165, 1.54) is 6.07 Å². The summed E-state index contributed by atoms with van der Waals surface area (Å²) < 4.78 is 42.1. The number of nitrogens with zero attached hydrogens (tertiary/aromatic N) is 1. The summed E-state index contributed by atoms with van der Waals surface area (Å²) in [4.78, 5) is 9.16. The maximum Gasteiger partial charge on any atom is 0.342 e. The van der Waals surface area contributed by atoms with Gasteiger partial charge in [0.15, 0.2) is 0 Å². The van der Waals surface area contributed by atoms with Gasteiger partial charge in [0.05, 0.1) is 4.92 Å². The fourth-order valence-electron chi connectivity index (χ4n) is 1.47. The van der Waals surface area contributed by atoms with Crippen LogP contribution in [0.25, 0.3) is 0 Å². The Morgan fingerprint density at radius 3 is 2.29 bits per heavy atom. The van der Waals surface area contributed by atoms with Gasteiger partial charge in [0.25, 0.3) is 5.69 Å². The molecule has 0 atom stereocenters. The van der Waals surface area contributed by atoms with Crippen molar-refractivity contribution in [2.45, 2.75) is 4.90 Å². The molecule has 0 amide bonds. The zero-order valence-electron chi connectivity index (χ0n) is 10.2. The van der Waals surface area contributed by atoms with Crippen molar-refractivity contribution >= 4 is 27.4 Å². The Hall–Kier alpha value is -2.19. The number of non-ortho nitro benzene ring substituents is 1. The second-order valence-corrected chi connectivity index (χ2v) is 5.81. The Morgan fingerprint density at radius 2 is 1.76 bits per heavy atom. The van der Waals surface area contributed by atoms with E-state index in [-0.39, 0.29) is 16.5 Å². The summed E-state index contributed by atoms with van der Waals surface area (Å²) in [6.07, 6.45) is 0. The lowest BCUT2D eigenvalue weighted by Crippen LogP contribution is -2.11. The first-order valence-electron chi connectivity index (χ1n) is 5.43. The van der Waals surface area contributed by atoms with Gasteiger partial charge in [0.2, 0.25) is 0 Å². The standard InChI is InChI=1S/C12H7ClFNO5S/c13-8-1-6-12(11(14)7-8)21(18,19)20-10-4-2-9(3-5-10)15(16)17/h1-7H. The molecule has 0 radical (unpaired) electrons. The molecule has 110 valence electrons. The van der Waals surface area contributed by atoms with Gasteiger partial charge in [-0.15, -0.1) is 0 Å². The number of hydrogen-bond donors (Lipinski definition) is 0. The van der Waals surface area contributed by atoms with Crippen LogP contribution in [0.1, 0.15) is 0 Å². The van der Waals surface area contributed by atoms with Gasteiger partial charge in [0, 0.05) is 17.2 Å². The highest BCUT2D eigenvalue weighted by Gasteiger charge is 2.22. The molecular weight excluding hydrogens is 325 g/mol. The van der Waals surface area contributed by atoms with Crippen molar-refractivity contribution in [3.8, 4) is 5.75 Å². The molecule has 2 aromatic rings. The molecule has 6 nitrogen and oxygen atoms in total. The van der Waals surface area contributed by atoms with Crippen LogP contribution in [0.5, 0.6) is 5.75 Å². The van der Waals surface area contributed by atoms with Crippen molar-refractivity contribution in [2.75, 3.05) is 0 Å². The van der Waals surface area contributed by atoms with Crippen molar-refractivity contribution in [2.24, 2.45) is 0 Å². The Labute approximate surface area is 124 Å². The molecule has 0 N–H and O–H groups in total. The van der Waals surface area contributed by atoms with Gasteiger partial charge in [-0.3, -0.25) is 10.1 Å². The third-order valence-electron chi connectivity index (χ3n) is 2.42. The topological polar surface area (TPSA) is 86.5 Å². The van der Waals surface area contributed by atoms with E-state index in [9.17, 15) is 22.9 Å². The van der Waals surface area contributed by atoms with E-state index in [2.05, 4.69) is 0 Å². The molecule has 0 bridgehead atoms. The number of nitro groups is 1. The van der Waals surface area contributed by atoms with Crippen molar-refractivity contribution in [3.63, 3.8) is 0 Å². The molecule has 21 heavy (non-hydrogen) atoms. The highest BCUT2D eigenvalue weighted by atomic mass is 35.5. The fraction of sp³-hybridized carbons (Fsp3) is 0. The van der Waals surface area contributed by atoms with Crippen LogP contribution in [0.3, 0.4) is 0 Å². The largest absolute Gasteiger partial charge is 0.379 e. The van der Waals surface area contributed by atoms with E-state index < -0.39 is 25.8 Å². The van der Waals surface area contributed by atoms with Gasteiger partial charge >= 0.3 is 10.1 Å². The molecule has 9 heteroatoms. The predicted molar refractivity (Wildman–Crippen MR) is 72.3 cm³/mol. The van der Waals surface area contributed by atoms with Crippen LogP contribution in [0.15, 0.2) is 47.4 Å². The fourth-order valence-corrected chi connectivity index (χ4v) is 2.62. The van der Waals surface area contributed by atoms with Crippen LogP contribution in [0.2, 0.25) is 5.02 Å². The highest BCUT2D eigenvalue weighted by molar-refractivity contribution is 7.87. The summed E-state index contributed by atoms with van der Waals surface area (Å²) in [6, 6.07) is 7.36. The van der Waals surface area contributed by atoms with Gasteiger partial charge in [-0.2, -0.15) is 8.42 Å². The molecule has 2 aromatic carbocycles. The summed E-state index contributed by atoms with van der Waals surface area (Å²) >= 11 is 5.53. The third-order valence-corrected chi connectivity index (χ3v) is 3.93. The maximum atomic E-state index is 13.6. The second kappa shape index (κ2) is 5.66. The summed E-state index contributed by atoms with van der Waals surface area (Å²) in [5.74, 6) is -1.22. The van der Waals surface area contributed by atoms with E-state index in [4.69, 9.17) is 15.8 Å². The van der Waals surface area contributed by atoms with Crippen LogP contribution >= 0.6 is 11.6 Å². The van der Waals surface area contributed by atoms with E-state index >= 15 is 0 Å². The van der Waals surface area contributed by atoms with Crippen LogP contribution in [-0.4, -0.2) is 13.3 Å². The Bertz CT molecular complexity index is 792. The minimum Gasteiger partial charge on any atom is -0.379 e. The quantitative estimate of drug-likeness (QED) is 0.488. The lowest BCUT2D eigenvalue weighted by molar-refractivity contribution is -0.384. The van der Waals surface area contributed by atoms with Crippen molar-refractivity contribution in [3.05, 3.63) is 63.4 Å². The normalized spacial score (nSPS) is 11.1. The summed E-state index contributed by atoms with van der Waals surface area (Å²) in [5, 5.41) is 10.5. The summed E-state index contributed by atoms with van der Waals surface area (Å²) in [7, 11) is -4.40. The molecule has 0 heterocycles. The molecule has 0 saturated heterocycles. The lowest BCUT2D eigenvalue weighted by Gasteiger charge is -2.07. The van der Waals surface area contributed by atoms with Gasteiger partial charge in [-0.25, -0.2) is 4.39 Å². The SMILES string of the molecule is O=[N+]([O-])c1ccc(OS(=O)(=O)c2ccc(Cl)cc2F)cc1. The first-order chi connectivity index (χ1) is 9.79. The number of halogens is 2. The third kappa shape index (κ3) is 3.47. The molecule has 0 aliphatic carbocycles. The number of rotatable bonds is 4. The predicted octanol–water partition coefficient (Wildman–Crippen LogP) is 3.16. The van der Waals surface area contributed by atoms with E-state index in [1.54, 1.807) is 0 Å². The second-order valence-electron chi connectivity index (χ2n) is 3.86. The molecule has 2 rings (SSSR count). The number of hydrogen-bond acceptors (Lipinski definition) is 5. The zero-order chi connectivity index (χ0) is 15.6. The monoisotopic (exact) mass is 331 g/mol.